The van der Waals surface area contributed by atoms with Gasteiger partial charge in [0.2, 0.25) is 0 Å². The Bertz CT molecular complexity index is 1440. The molecule has 4 aromatic rings. The lowest BCUT2D eigenvalue weighted by atomic mass is 10.1. The molecule has 0 fully saturated rings. The molecule has 1 N–H and O–H groups in total. The topological polar surface area (TPSA) is 67.2 Å². The molecule has 0 radical (unpaired) electrons. The predicted octanol–water partition coefficient (Wildman–Crippen LogP) is 7.17. The van der Waals surface area contributed by atoms with Crippen molar-refractivity contribution in [3.05, 3.63) is 104 Å². The first-order chi connectivity index (χ1) is 16.8. The molecule has 3 aromatic carbocycles. The highest BCUT2D eigenvalue weighted by Gasteiger charge is 2.27. The molecule has 1 unspecified atom stereocenters. The van der Waals surface area contributed by atoms with Crippen molar-refractivity contribution in [1.29, 1.82) is 0 Å². The van der Waals surface area contributed by atoms with E-state index < -0.39 is 12.1 Å². The molecule has 0 spiro atoms. The van der Waals surface area contributed by atoms with Crippen molar-refractivity contribution in [2.24, 2.45) is 0 Å². The Kier molecular flexibility index (Phi) is 7.65. The van der Waals surface area contributed by atoms with Gasteiger partial charge in [-0.25, -0.2) is 9.78 Å². The van der Waals surface area contributed by atoms with E-state index in [1.54, 1.807) is 45.9 Å². The molecule has 6 nitrogen and oxygen atoms in total. The molecule has 35 heavy (non-hydrogen) atoms. The highest BCUT2D eigenvalue weighted by Crippen LogP contribution is 2.28. The maximum Gasteiger partial charge on any atom is 0.322 e. The number of hydrogen-bond acceptors (Lipinski definition) is 3. The zero-order valence-corrected chi connectivity index (χ0v) is 21.4. The number of halogens is 3. The molecule has 1 atom stereocenters. The number of anilines is 1. The number of nitrogens with zero attached hydrogens (tertiary/aromatic N) is 3. The number of urea groups is 1. The van der Waals surface area contributed by atoms with Crippen LogP contribution in [0.25, 0.3) is 10.9 Å². The summed E-state index contributed by atoms with van der Waals surface area (Å²) < 4.78 is 1.58. The van der Waals surface area contributed by atoms with Crippen LogP contribution in [-0.2, 0) is 13.1 Å². The standard InChI is InChI=1S/C26H23Cl3N4O2/c1-3-32-24(30-23-14-19(28)9-11-20(23)25(32)34)16(2)33(15-17-7-5-4-6-8-17)26(35)31-22-12-10-18(27)13-21(22)29/h4-14,16H,3,15H2,1-2H3,(H,31,35). The van der Waals surface area contributed by atoms with Gasteiger partial charge in [-0.1, -0.05) is 65.1 Å². The van der Waals surface area contributed by atoms with E-state index in [0.29, 0.717) is 44.0 Å². The van der Waals surface area contributed by atoms with E-state index in [4.69, 9.17) is 39.8 Å². The number of carbonyl (C=O) groups excluding carboxylic acids is 1. The molecule has 2 amide bonds. The van der Waals surface area contributed by atoms with Crippen molar-refractivity contribution in [2.75, 3.05) is 5.32 Å². The van der Waals surface area contributed by atoms with Crippen LogP contribution in [0.5, 0.6) is 0 Å². The number of rotatable bonds is 6. The van der Waals surface area contributed by atoms with E-state index in [2.05, 4.69) is 5.32 Å². The summed E-state index contributed by atoms with van der Waals surface area (Å²) in [6.45, 7) is 4.40. The zero-order chi connectivity index (χ0) is 25.1. The highest BCUT2D eigenvalue weighted by molar-refractivity contribution is 6.36. The molecule has 9 heteroatoms. The normalized spacial score (nSPS) is 11.9. The van der Waals surface area contributed by atoms with Crippen LogP contribution < -0.4 is 10.9 Å². The van der Waals surface area contributed by atoms with Gasteiger partial charge in [0.1, 0.15) is 5.82 Å². The van der Waals surface area contributed by atoms with Gasteiger partial charge in [0.25, 0.3) is 5.56 Å². The smallest absolute Gasteiger partial charge is 0.310 e. The third-order valence-electron chi connectivity index (χ3n) is 5.73. The maximum absolute atomic E-state index is 13.6. The van der Waals surface area contributed by atoms with Crippen molar-refractivity contribution in [2.45, 2.75) is 33.0 Å². The number of nitrogens with one attached hydrogen (secondary N) is 1. The number of amides is 2. The molecule has 1 heterocycles. The van der Waals surface area contributed by atoms with Crippen molar-refractivity contribution in [1.82, 2.24) is 14.5 Å². The van der Waals surface area contributed by atoms with E-state index in [9.17, 15) is 9.59 Å². The van der Waals surface area contributed by atoms with Crippen LogP contribution in [0.15, 0.2) is 71.5 Å². The molecule has 0 aliphatic heterocycles. The lowest BCUT2D eigenvalue weighted by Gasteiger charge is -2.31. The molecular formula is C26H23Cl3N4O2. The summed E-state index contributed by atoms with van der Waals surface area (Å²) >= 11 is 18.5. The van der Waals surface area contributed by atoms with Crippen LogP contribution in [0.3, 0.4) is 0 Å². The minimum Gasteiger partial charge on any atom is -0.310 e. The molecule has 0 aliphatic carbocycles. The average Bonchev–Trinajstić information content (AvgIpc) is 2.84. The third-order valence-corrected chi connectivity index (χ3v) is 6.52. The Morgan fingerprint density at radius 2 is 1.71 bits per heavy atom. The van der Waals surface area contributed by atoms with Gasteiger partial charge in [0, 0.05) is 23.1 Å². The van der Waals surface area contributed by atoms with E-state index >= 15 is 0 Å². The van der Waals surface area contributed by atoms with E-state index in [1.807, 2.05) is 44.2 Å². The number of benzene rings is 3. The van der Waals surface area contributed by atoms with Crippen LogP contribution in [0.1, 0.15) is 31.3 Å². The van der Waals surface area contributed by atoms with E-state index in [1.165, 1.54) is 0 Å². The molecule has 180 valence electrons. The van der Waals surface area contributed by atoms with E-state index in [0.717, 1.165) is 5.56 Å². The molecule has 0 aliphatic rings. The van der Waals surface area contributed by atoms with Gasteiger partial charge in [0.15, 0.2) is 0 Å². The second-order valence-electron chi connectivity index (χ2n) is 8.02. The van der Waals surface area contributed by atoms with Gasteiger partial charge in [-0.2, -0.15) is 0 Å². The Morgan fingerprint density at radius 3 is 2.40 bits per heavy atom. The molecule has 1 aromatic heterocycles. The van der Waals surface area contributed by atoms with Crippen molar-refractivity contribution in [3.8, 4) is 0 Å². The summed E-state index contributed by atoms with van der Waals surface area (Å²) in [7, 11) is 0. The first kappa shape index (κ1) is 25.0. The number of hydrogen-bond donors (Lipinski definition) is 1. The fourth-order valence-corrected chi connectivity index (χ4v) is 4.54. The fraction of sp³-hybridized carbons (Fsp3) is 0.192. The zero-order valence-electron chi connectivity index (χ0n) is 19.1. The summed E-state index contributed by atoms with van der Waals surface area (Å²) in [6, 6.07) is 18.5. The Morgan fingerprint density at radius 1 is 1.03 bits per heavy atom. The second kappa shape index (κ2) is 10.7. The van der Waals surface area contributed by atoms with Gasteiger partial charge in [-0.15, -0.1) is 0 Å². The molecular weight excluding hydrogens is 507 g/mol. The number of aromatic nitrogens is 2. The largest absolute Gasteiger partial charge is 0.322 e. The summed E-state index contributed by atoms with van der Waals surface area (Å²) in [5.74, 6) is 0.459. The molecule has 0 bridgehead atoms. The highest BCUT2D eigenvalue weighted by atomic mass is 35.5. The minimum atomic E-state index is -0.558. The monoisotopic (exact) mass is 528 g/mol. The summed E-state index contributed by atoms with van der Waals surface area (Å²) in [4.78, 5) is 33.2. The van der Waals surface area contributed by atoms with Crippen molar-refractivity contribution >= 4 is 57.4 Å². The number of carbonyl (C=O) groups is 1. The van der Waals surface area contributed by atoms with Crippen LogP contribution in [0.4, 0.5) is 10.5 Å². The van der Waals surface area contributed by atoms with Crippen LogP contribution in [0.2, 0.25) is 15.1 Å². The van der Waals surface area contributed by atoms with Gasteiger partial charge in [-0.05, 0) is 55.8 Å². The summed E-state index contributed by atoms with van der Waals surface area (Å²) in [5.41, 5.74) is 1.65. The van der Waals surface area contributed by atoms with E-state index in [-0.39, 0.29) is 12.1 Å². The average molecular weight is 530 g/mol. The van der Waals surface area contributed by atoms with Crippen LogP contribution >= 0.6 is 34.8 Å². The molecule has 0 saturated heterocycles. The van der Waals surface area contributed by atoms with Gasteiger partial charge in [-0.3, -0.25) is 9.36 Å². The van der Waals surface area contributed by atoms with Gasteiger partial charge in [0.05, 0.1) is 27.7 Å². The number of fused-ring (bicyclic) bond motifs is 1. The molecule has 4 rings (SSSR count). The first-order valence-corrected chi connectivity index (χ1v) is 12.2. The maximum atomic E-state index is 13.6. The van der Waals surface area contributed by atoms with Crippen LogP contribution in [-0.4, -0.2) is 20.5 Å². The third kappa shape index (κ3) is 5.45. The SMILES string of the molecule is CCn1c(C(C)N(Cc2ccccc2)C(=O)Nc2ccc(Cl)cc2Cl)nc2cc(Cl)ccc2c1=O. The van der Waals surface area contributed by atoms with Crippen molar-refractivity contribution < 1.29 is 4.79 Å². The lowest BCUT2D eigenvalue weighted by Crippen LogP contribution is -2.39. The minimum absolute atomic E-state index is 0.183. The lowest BCUT2D eigenvalue weighted by molar-refractivity contribution is 0.184. The quantitative estimate of drug-likeness (QED) is 0.288. The second-order valence-corrected chi connectivity index (χ2v) is 9.30. The van der Waals surface area contributed by atoms with Crippen molar-refractivity contribution in [3.63, 3.8) is 0 Å². The Hall–Kier alpha value is -3.06. The van der Waals surface area contributed by atoms with Crippen LogP contribution in [0, 0.1) is 0 Å². The van der Waals surface area contributed by atoms with Gasteiger partial charge >= 0.3 is 6.03 Å². The Balaban J connectivity index is 1.78. The Labute approximate surface area is 218 Å². The fourth-order valence-electron chi connectivity index (χ4n) is 3.92. The summed E-state index contributed by atoms with van der Waals surface area (Å²) in [6.07, 6.45) is 0. The van der Waals surface area contributed by atoms with Gasteiger partial charge < -0.3 is 10.2 Å². The summed E-state index contributed by atoms with van der Waals surface area (Å²) in [5, 5.41) is 4.61. The predicted molar refractivity (Wildman–Crippen MR) is 143 cm³/mol. The molecule has 0 saturated carbocycles. The first-order valence-electron chi connectivity index (χ1n) is 11.0.